The van der Waals surface area contributed by atoms with Gasteiger partial charge in [-0.1, -0.05) is 11.6 Å². The fourth-order valence-corrected chi connectivity index (χ4v) is 2.91. The van der Waals surface area contributed by atoms with Gasteiger partial charge in [-0.05, 0) is 32.0 Å². The number of esters is 1. The van der Waals surface area contributed by atoms with Crippen molar-refractivity contribution in [3.63, 3.8) is 0 Å². The molecule has 0 spiro atoms. The van der Waals surface area contributed by atoms with Gasteiger partial charge in [-0.15, -0.1) is 0 Å². The maximum absolute atomic E-state index is 14.2. The number of ether oxygens (including phenoxy) is 2. The van der Waals surface area contributed by atoms with Crippen LogP contribution in [0.1, 0.15) is 26.3 Å². The lowest BCUT2D eigenvalue weighted by Crippen LogP contribution is -2.33. The van der Waals surface area contributed by atoms with Crippen molar-refractivity contribution in [3.8, 4) is 0 Å². The Morgan fingerprint density at radius 2 is 2.08 bits per heavy atom. The van der Waals surface area contributed by atoms with Crippen molar-refractivity contribution in [3.05, 3.63) is 46.2 Å². The summed E-state index contributed by atoms with van der Waals surface area (Å²) in [6.07, 6.45) is 0. The molecule has 1 unspecified atom stereocenters. The molecule has 10 heteroatoms. The maximum atomic E-state index is 14.2. The Morgan fingerprint density at radius 1 is 1.44 bits per heavy atom. The number of nitrogens with one attached hydrogen (secondary N) is 1. The minimum Gasteiger partial charge on any atom is -0.456 e. The lowest BCUT2D eigenvalue weighted by Gasteiger charge is -2.24. The molecule has 0 amide bonds. The molecule has 1 aliphatic heterocycles. The molecule has 1 aromatic carbocycles. The minimum absolute atomic E-state index is 0.144. The molecular formula is C15H15ClFNO6S. The topological polar surface area (TPSA) is 98.8 Å². The Balaban J connectivity index is 2.54. The lowest BCUT2D eigenvalue weighted by atomic mass is 9.91. The summed E-state index contributed by atoms with van der Waals surface area (Å²) in [6.45, 7) is 3.61. The molecule has 0 saturated heterocycles. The fraction of sp³-hybridized carbons (Fsp3) is 0.333. The number of hydrogen-bond donors (Lipinski definition) is 1. The SMILES string of the molecule is CCS(=O)(=O)NC1=C(OC(C)=O)C(=O)C(C)(c2cc(Cl)ccc2F)O1. The van der Waals surface area contributed by atoms with Gasteiger partial charge in [0.1, 0.15) is 5.82 Å². The van der Waals surface area contributed by atoms with Crippen LogP contribution in [0.3, 0.4) is 0 Å². The second kappa shape index (κ2) is 6.64. The highest BCUT2D eigenvalue weighted by Gasteiger charge is 2.51. The average Bonchev–Trinajstić information content (AvgIpc) is 2.74. The molecule has 0 fully saturated rings. The van der Waals surface area contributed by atoms with Crippen molar-refractivity contribution < 1.29 is 31.9 Å². The summed E-state index contributed by atoms with van der Waals surface area (Å²) >= 11 is 5.85. The lowest BCUT2D eigenvalue weighted by molar-refractivity contribution is -0.142. The predicted octanol–water partition coefficient (Wildman–Crippen LogP) is 1.97. The normalized spacial score (nSPS) is 20.4. The van der Waals surface area contributed by atoms with Crippen LogP contribution in [0, 0.1) is 5.82 Å². The first-order valence-electron chi connectivity index (χ1n) is 7.12. The van der Waals surface area contributed by atoms with Crippen LogP contribution in [-0.2, 0) is 34.7 Å². The molecule has 25 heavy (non-hydrogen) atoms. The molecule has 1 atom stereocenters. The molecule has 1 aliphatic rings. The fourth-order valence-electron chi connectivity index (χ4n) is 2.17. The van der Waals surface area contributed by atoms with Gasteiger partial charge in [-0.2, -0.15) is 0 Å². The van der Waals surface area contributed by atoms with Crippen LogP contribution in [-0.4, -0.2) is 25.9 Å². The van der Waals surface area contributed by atoms with Crippen LogP contribution in [0.15, 0.2) is 29.8 Å². The van der Waals surface area contributed by atoms with Crippen molar-refractivity contribution in [1.29, 1.82) is 0 Å². The summed E-state index contributed by atoms with van der Waals surface area (Å²) in [5, 5.41) is 0.144. The van der Waals surface area contributed by atoms with E-state index in [1.54, 1.807) is 0 Å². The van der Waals surface area contributed by atoms with E-state index < -0.39 is 44.8 Å². The van der Waals surface area contributed by atoms with Gasteiger partial charge in [0, 0.05) is 17.5 Å². The van der Waals surface area contributed by atoms with Crippen LogP contribution in [0.5, 0.6) is 0 Å². The number of sulfonamides is 1. The molecule has 0 radical (unpaired) electrons. The molecule has 1 heterocycles. The second-order valence-electron chi connectivity index (χ2n) is 5.35. The smallest absolute Gasteiger partial charge is 0.308 e. The number of carbonyl (C=O) groups is 2. The van der Waals surface area contributed by atoms with Crippen molar-refractivity contribution in [2.45, 2.75) is 26.4 Å². The third kappa shape index (κ3) is 3.77. The van der Waals surface area contributed by atoms with Crippen molar-refractivity contribution in [2.24, 2.45) is 0 Å². The number of rotatable bonds is 5. The van der Waals surface area contributed by atoms with Crippen LogP contribution >= 0.6 is 11.6 Å². The maximum Gasteiger partial charge on any atom is 0.308 e. The third-order valence-corrected chi connectivity index (χ3v) is 4.96. The molecule has 0 bridgehead atoms. The average molecular weight is 392 g/mol. The van der Waals surface area contributed by atoms with E-state index in [0.29, 0.717) is 0 Å². The van der Waals surface area contributed by atoms with Gasteiger partial charge in [0.25, 0.3) is 5.78 Å². The summed E-state index contributed by atoms with van der Waals surface area (Å²) in [5.41, 5.74) is -2.17. The highest BCUT2D eigenvalue weighted by molar-refractivity contribution is 7.89. The minimum atomic E-state index is -3.84. The Hall–Kier alpha value is -2.13. The van der Waals surface area contributed by atoms with E-state index in [1.165, 1.54) is 26.0 Å². The summed E-state index contributed by atoms with van der Waals surface area (Å²) < 4.78 is 50.0. The standard InChI is InChI=1S/C15H15ClFNO6S/c1-4-25(21,22)18-14-12(23-8(2)19)13(20)15(3,24-14)10-7-9(16)5-6-11(10)17/h5-7,18H,4H2,1-3H3. The second-order valence-corrected chi connectivity index (χ2v) is 7.79. The zero-order chi connectivity index (χ0) is 19.0. The Morgan fingerprint density at radius 3 is 2.64 bits per heavy atom. The Labute approximate surface area is 148 Å². The molecule has 1 aromatic rings. The molecule has 0 saturated carbocycles. The van der Waals surface area contributed by atoms with Crippen LogP contribution in [0.2, 0.25) is 5.02 Å². The summed E-state index contributed by atoms with van der Waals surface area (Å²) in [7, 11) is -3.84. The zero-order valence-electron chi connectivity index (χ0n) is 13.6. The van der Waals surface area contributed by atoms with E-state index in [2.05, 4.69) is 0 Å². The van der Waals surface area contributed by atoms with Gasteiger partial charge in [0.05, 0.1) is 5.75 Å². The zero-order valence-corrected chi connectivity index (χ0v) is 15.1. The molecule has 0 aliphatic carbocycles. The first kappa shape index (κ1) is 19.2. The van der Waals surface area contributed by atoms with Gasteiger partial charge in [-0.3, -0.25) is 14.3 Å². The monoisotopic (exact) mass is 391 g/mol. The highest BCUT2D eigenvalue weighted by Crippen LogP contribution is 2.40. The van der Waals surface area contributed by atoms with Crippen molar-refractivity contribution >= 4 is 33.4 Å². The molecule has 7 nitrogen and oxygen atoms in total. The molecule has 0 aromatic heterocycles. The van der Waals surface area contributed by atoms with Gasteiger partial charge in [0.2, 0.25) is 27.3 Å². The summed E-state index contributed by atoms with van der Waals surface area (Å²) in [4.78, 5) is 24.0. The van der Waals surface area contributed by atoms with E-state index in [0.717, 1.165) is 13.0 Å². The predicted molar refractivity (Wildman–Crippen MR) is 86.2 cm³/mol. The molecule has 2 rings (SSSR count). The quantitative estimate of drug-likeness (QED) is 0.770. The number of benzene rings is 1. The van der Waals surface area contributed by atoms with Crippen molar-refractivity contribution in [1.82, 2.24) is 4.72 Å². The first-order valence-corrected chi connectivity index (χ1v) is 9.15. The number of carbonyl (C=O) groups excluding carboxylic acids is 2. The van der Waals surface area contributed by atoms with Gasteiger partial charge < -0.3 is 9.47 Å². The number of hydrogen-bond acceptors (Lipinski definition) is 6. The third-order valence-electron chi connectivity index (χ3n) is 3.47. The summed E-state index contributed by atoms with van der Waals surface area (Å²) in [5.74, 6) is -4.12. The number of halogens is 2. The first-order chi connectivity index (χ1) is 11.5. The largest absolute Gasteiger partial charge is 0.456 e. The summed E-state index contributed by atoms with van der Waals surface area (Å²) in [6, 6.07) is 3.50. The van der Waals surface area contributed by atoms with E-state index in [1.807, 2.05) is 4.72 Å². The Kier molecular flexibility index (Phi) is 5.10. The van der Waals surface area contributed by atoms with E-state index >= 15 is 0 Å². The van der Waals surface area contributed by atoms with Crippen LogP contribution in [0.4, 0.5) is 4.39 Å². The molecule has 1 N–H and O–H groups in total. The van der Waals surface area contributed by atoms with E-state index in [9.17, 15) is 22.4 Å². The number of Topliss-reactive ketones (excluding diaryl/α,β-unsaturated/α-hetero) is 1. The van der Waals surface area contributed by atoms with Crippen LogP contribution in [0.25, 0.3) is 0 Å². The van der Waals surface area contributed by atoms with Crippen molar-refractivity contribution in [2.75, 3.05) is 5.75 Å². The van der Waals surface area contributed by atoms with Gasteiger partial charge in [-0.25, -0.2) is 12.8 Å². The molecular weight excluding hydrogens is 377 g/mol. The van der Waals surface area contributed by atoms with Gasteiger partial charge in [0.15, 0.2) is 0 Å². The molecule has 136 valence electrons. The Bertz CT molecular complexity index is 882. The highest BCUT2D eigenvalue weighted by atomic mass is 35.5. The number of ketones is 1. The van der Waals surface area contributed by atoms with E-state index in [4.69, 9.17) is 21.1 Å². The van der Waals surface area contributed by atoms with Gasteiger partial charge >= 0.3 is 5.97 Å². The van der Waals surface area contributed by atoms with E-state index in [-0.39, 0.29) is 16.3 Å². The van der Waals surface area contributed by atoms with Crippen LogP contribution < -0.4 is 4.72 Å².